The van der Waals surface area contributed by atoms with E-state index in [1.54, 1.807) is 19.2 Å². The minimum Gasteiger partial charge on any atom is -0.493 e. The van der Waals surface area contributed by atoms with Gasteiger partial charge in [0.2, 0.25) is 0 Å². The van der Waals surface area contributed by atoms with Crippen molar-refractivity contribution in [3.05, 3.63) is 22.2 Å². The molecule has 1 aromatic carbocycles. The highest BCUT2D eigenvalue weighted by molar-refractivity contribution is 9.10. The summed E-state index contributed by atoms with van der Waals surface area (Å²) < 4.78 is 11.5. The van der Waals surface area contributed by atoms with Crippen molar-refractivity contribution in [3.63, 3.8) is 0 Å². The highest BCUT2D eigenvalue weighted by Crippen LogP contribution is 2.35. The van der Waals surface area contributed by atoms with Crippen molar-refractivity contribution in [2.24, 2.45) is 0 Å². The first-order valence-corrected chi connectivity index (χ1v) is 5.98. The van der Waals surface area contributed by atoms with Crippen LogP contribution in [0.2, 0.25) is 0 Å². The van der Waals surface area contributed by atoms with E-state index in [9.17, 15) is 4.79 Å². The van der Waals surface area contributed by atoms with Crippen LogP contribution in [0, 0.1) is 0 Å². The first kappa shape index (κ1) is 13.0. The quantitative estimate of drug-likeness (QED) is 0.594. The number of rotatable bonds is 6. The van der Waals surface area contributed by atoms with Crippen LogP contribution < -0.4 is 9.47 Å². The first-order chi connectivity index (χ1) is 7.74. The van der Waals surface area contributed by atoms with E-state index >= 15 is 0 Å². The van der Waals surface area contributed by atoms with Gasteiger partial charge < -0.3 is 9.47 Å². The minimum absolute atomic E-state index is 0.496. The third kappa shape index (κ3) is 2.98. The van der Waals surface area contributed by atoms with Crippen molar-refractivity contribution in [1.29, 1.82) is 0 Å². The Hall–Kier alpha value is -1.03. The topological polar surface area (TPSA) is 35.5 Å². The molecule has 0 unspecified atom stereocenters. The van der Waals surface area contributed by atoms with Crippen LogP contribution in [0.1, 0.15) is 30.1 Å². The van der Waals surface area contributed by atoms with Gasteiger partial charge in [-0.15, -0.1) is 0 Å². The second kappa shape index (κ2) is 6.53. The highest BCUT2D eigenvalue weighted by atomic mass is 79.9. The van der Waals surface area contributed by atoms with Gasteiger partial charge in [-0.2, -0.15) is 0 Å². The molecule has 0 saturated carbocycles. The smallest absolute Gasteiger partial charge is 0.172 e. The van der Waals surface area contributed by atoms with Crippen LogP contribution in [0.4, 0.5) is 0 Å². The molecule has 1 aromatic rings. The van der Waals surface area contributed by atoms with Crippen molar-refractivity contribution in [2.45, 2.75) is 19.8 Å². The molecule has 16 heavy (non-hydrogen) atoms. The van der Waals surface area contributed by atoms with E-state index in [4.69, 9.17) is 9.47 Å². The average molecular weight is 287 g/mol. The fourth-order valence-corrected chi connectivity index (χ4v) is 1.70. The minimum atomic E-state index is 0.496. The summed E-state index contributed by atoms with van der Waals surface area (Å²) in [5, 5.41) is 0. The lowest BCUT2D eigenvalue weighted by Gasteiger charge is -2.13. The number of methoxy groups -OCH3 is 1. The van der Waals surface area contributed by atoms with Crippen molar-refractivity contribution < 1.29 is 14.3 Å². The summed E-state index contributed by atoms with van der Waals surface area (Å²) in [7, 11) is 1.56. The zero-order chi connectivity index (χ0) is 12.0. The Morgan fingerprint density at radius 1 is 1.44 bits per heavy atom. The molecule has 0 heterocycles. The van der Waals surface area contributed by atoms with Gasteiger partial charge in [-0.1, -0.05) is 13.3 Å². The van der Waals surface area contributed by atoms with Crippen LogP contribution in [-0.4, -0.2) is 20.0 Å². The third-order valence-corrected chi connectivity index (χ3v) is 2.88. The molecule has 4 heteroatoms. The summed E-state index contributed by atoms with van der Waals surface area (Å²) in [4.78, 5) is 11.0. The van der Waals surface area contributed by atoms with E-state index in [2.05, 4.69) is 22.9 Å². The maximum Gasteiger partial charge on any atom is 0.172 e. The number of benzene rings is 1. The van der Waals surface area contributed by atoms with E-state index < -0.39 is 0 Å². The molecule has 1 rings (SSSR count). The van der Waals surface area contributed by atoms with Gasteiger partial charge in [0.25, 0.3) is 0 Å². The van der Waals surface area contributed by atoms with Crippen molar-refractivity contribution in [2.75, 3.05) is 13.7 Å². The average Bonchev–Trinajstić information content (AvgIpc) is 2.30. The van der Waals surface area contributed by atoms with Crippen molar-refractivity contribution >= 4 is 22.2 Å². The maximum atomic E-state index is 11.0. The molecule has 3 nitrogen and oxygen atoms in total. The molecular weight excluding hydrogens is 272 g/mol. The van der Waals surface area contributed by atoms with Crippen LogP contribution in [0.3, 0.4) is 0 Å². The molecule has 0 aliphatic rings. The lowest BCUT2D eigenvalue weighted by Crippen LogP contribution is -2.02. The zero-order valence-electron chi connectivity index (χ0n) is 9.46. The molecule has 88 valence electrons. The summed E-state index contributed by atoms with van der Waals surface area (Å²) in [6.07, 6.45) is 2.77. The largest absolute Gasteiger partial charge is 0.493 e. The van der Waals surface area contributed by atoms with Gasteiger partial charge in [-0.05, 0) is 34.5 Å². The van der Waals surface area contributed by atoms with Crippen LogP contribution in [-0.2, 0) is 0 Å². The zero-order valence-corrected chi connectivity index (χ0v) is 11.0. The molecule has 0 amide bonds. The predicted molar refractivity (Wildman–Crippen MR) is 66.5 cm³/mol. The Bertz CT molecular complexity index is 364. The van der Waals surface area contributed by atoms with Crippen LogP contribution in [0.5, 0.6) is 11.5 Å². The molecule has 0 bridgehead atoms. The molecule has 0 saturated heterocycles. The Morgan fingerprint density at radius 2 is 2.19 bits per heavy atom. The number of unbranched alkanes of at least 4 members (excludes halogenated alkanes) is 1. The normalized spacial score (nSPS) is 9.94. The predicted octanol–water partition coefficient (Wildman–Crippen LogP) is 3.45. The van der Waals surface area contributed by atoms with Crippen LogP contribution in [0.25, 0.3) is 0 Å². The summed E-state index contributed by atoms with van der Waals surface area (Å²) >= 11 is 3.31. The monoisotopic (exact) mass is 286 g/mol. The van der Waals surface area contributed by atoms with Crippen molar-refractivity contribution in [3.8, 4) is 11.5 Å². The summed E-state index contributed by atoms with van der Waals surface area (Å²) in [6.45, 7) is 2.67. The van der Waals surface area contributed by atoms with Gasteiger partial charge >= 0.3 is 0 Å². The summed E-state index contributed by atoms with van der Waals surface area (Å²) in [5.74, 6) is 1.10. The van der Waals surface area contributed by atoms with E-state index in [0.717, 1.165) is 23.6 Å². The lowest BCUT2D eigenvalue weighted by atomic mass is 10.2. The Kier molecular flexibility index (Phi) is 5.32. The molecule has 0 aromatic heterocycles. The van der Waals surface area contributed by atoms with Gasteiger partial charge in [-0.25, -0.2) is 0 Å². The second-order valence-corrected chi connectivity index (χ2v) is 4.17. The summed E-state index contributed by atoms with van der Waals surface area (Å²) in [6, 6.07) is 3.55. The standard InChI is InChI=1S/C12H15BrO3/c1-3-4-7-16-12-9(8-14)10(13)5-6-11(12)15-2/h5-6,8H,3-4,7H2,1-2H3. The lowest BCUT2D eigenvalue weighted by molar-refractivity contribution is 0.111. The Labute approximate surface area is 104 Å². The van der Waals surface area contributed by atoms with E-state index in [-0.39, 0.29) is 0 Å². The fraction of sp³-hybridized carbons (Fsp3) is 0.417. The van der Waals surface area contributed by atoms with Gasteiger partial charge in [0.1, 0.15) is 0 Å². The van der Waals surface area contributed by atoms with Gasteiger partial charge in [-0.3, -0.25) is 4.79 Å². The SMILES string of the molecule is CCCCOc1c(OC)ccc(Br)c1C=O. The molecule has 0 aliphatic heterocycles. The number of aldehydes is 1. The third-order valence-electron chi connectivity index (χ3n) is 2.19. The van der Waals surface area contributed by atoms with E-state index in [1.165, 1.54) is 0 Å². The highest BCUT2D eigenvalue weighted by Gasteiger charge is 2.13. The van der Waals surface area contributed by atoms with Gasteiger partial charge in [0.15, 0.2) is 17.8 Å². The molecular formula is C12H15BrO3. The van der Waals surface area contributed by atoms with E-state index in [0.29, 0.717) is 23.7 Å². The number of carbonyl (C=O) groups excluding carboxylic acids is 1. The number of halogens is 1. The Balaban J connectivity index is 3.00. The summed E-state index contributed by atoms with van der Waals surface area (Å²) in [5.41, 5.74) is 0.496. The van der Waals surface area contributed by atoms with Crippen LogP contribution in [0.15, 0.2) is 16.6 Å². The molecule has 0 atom stereocenters. The van der Waals surface area contributed by atoms with Crippen molar-refractivity contribution in [1.82, 2.24) is 0 Å². The molecule has 0 radical (unpaired) electrons. The van der Waals surface area contributed by atoms with Gasteiger partial charge in [0, 0.05) is 4.47 Å². The number of hydrogen-bond acceptors (Lipinski definition) is 3. The van der Waals surface area contributed by atoms with Crippen LogP contribution >= 0.6 is 15.9 Å². The molecule has 0 fully saturated rings. The number of hydrogen-bond donors (Lipinski definition) is 0. The maximum absolute atomic E-state index is 11.0. The van der Waals surface area contributed by atoms with E-state index in [1.807, 2.05) is 0 Å². The fourth-order valence-electron chi connectivity index (χ4n) is 1.29. The number of carbonyl (C=O) groups is 1. The molecule has 0 aliphatic carbocycles. The van der Waals surface area contributed by atoms with Gasteiger partial charge in [0.05, 0.1) is 19.3 Å². The second-order valence-electron chi connectivity index (χ2n) is 3.31. The molecule has 0 spiro atoms. The first-order valence-electron chi connectivity index (χ1n) is 5.19. The molecule has 0 N–H and O–H groups in total. The Morgan fingerprint density at radius 3 is 2.75 bits per heavy atom. The number of ether oxygens (including phenoxy) is 2.